The molecule has 0 saturated carbocycles. The number of ether oxygens (including phenoxy) is 1. The van der Waals surface area contributed by atoms with Crippen LogP contribution in [0.25, 0.3) is 0 Å². The van der Waals surface area contributed by atoms with Crippen LogP contribution in [0, 0.1) is 0 Å². The Morgan fingerprint density at radius 1 is 1.43 bits per heavy atom. The van der Waals surface area contributed by atoms with Crippen LogP contribution in [0.2, 0.25) is 0 Å². The van der Waals surface area contributed by atoms with Crippen molar-refractivity contribution in [3.63, 3.8) is 0 Å². The highest BCUT2D eigenvalue weighted by Crippen LogP contribution is 2.16. The monoisotopic (exact) mass is 305 g/mol. The molecule has 0 radical (unpaired) electrons. The Morgan fingerprint density at radius 2 is 2.19 bits per heavy atom. The minimum atomic E-state index is -0.470. The highest BCUT2D eigenvalue weighted by Gasteiger charge is 2.12. The summed E-state index contributed by atoms with van der Waals surface area (Å²) in [5.74, 6) is 0.213. The summed E-state index contributed by atoms with van der Waals surface area (Å²) in [6.07, 6.45) is 3.07. The number of rotatable bonds is 5. The molecule has 1 amide bonds. The number of benzene rings is 1. The smallest absolute Gasteiger partial charge is 0.264 e. The van der Waals surface area contributed by atoms with Gasteiger partial charge >= 0.3 is 0 Å². The summed E-state index contributed by atoms with van der Waals surface area (Å²) < 4.78 is 5.20. The Balaban J connectivity index is 2.10. The third-order valence-electron chi connectivity index (χ3n) is 2.85. The van der Waals surface area contributed by atoms with Gasteiger partial charge in [-0.3, -0.25) is 9.59 Å². The average Bonchev–Trinajstić information content (AvgIpc) is 2.52. The number of nitrogens with zero attached hydrogens (tertiary/aromatic N) is 1. The SMILES string of the molecule is COc1ccccc1CNC(=O)c1cnc(SC)[nH]c1=O. The van der Waals surface area contributed by atoms with Crippen LogP contribution in [0.15, 0.2) is 40.4 Å². The summed E-state index contributed by atoms with van der Waals surface area (Å²) in [6.45, 7) is 0.270. The maximum Gasteiger partial charge on any atom is 0.264 e. The van der Waals surface area contributed by atoms with Crippen molar-refractivity contribution in [2.45, 2.75) is 11.7 Å². The molecule has 0 fully saturated rings. The molecule has 0 bridgehead atoms. The fraction of sp³-hybridized carbons (Fsp3) is 0.214. The summed E-state index contributed by atoms with van der Waals surface area (Å²) >= 11 is 1.30. The van der Waals surface area contributed by atoms with Gasteiger partial charge in [0.2, 0.25) is 0 Å². The molecule has 1 heterocycles. The summed E-state index contributed by atoms with van der Waals surface area (Å²) in [5.41, 5.74) is 0.369. The number of methoxy groups -OCH3 is 1. The van der Waals surface area contributed by atoms with Gasteiger partial charge in [-0.25, -0.2) is 4.98 Å². The summed E-state index contributed by atoms with van der Waals surface area (Å²) in [6, 6.07) is 7.35. The Kier molecular flexibility index (Phi) is 4.99. The molecule has 0 aliphatic rings. The van der Waals surface area contributed by atoms with Gasteiger partial charge < -0.3 is 15.0 Å². The standard InChI is InChI=1S/C14H15N3O3S/c1-20-11-6-4-3-5-9(11)7-15-12(18)10-8-16-14(21-2)17-13(10)19/h3-6,8H,7H2,1-2H3,(H,15,18)(H,16,17,19). The first-order valence-corrected chi connectivity index (χ1v) is 7.41. The second-order valence-electron chi connectivity index (χ2n) is 4.13. The van der Waals surface area contributed by atoms with Crippen molar-refractivity contribution in [1.29, 1.82) is 0 Å². The predicted molar refractivity (Wildman–Crippen MR) is 80.8 cm³/mol. The van der Waals surface area contributed by atoms with E-state index in [0.717, 1.165) is 5.56 Å². The molecule has 0 saturated heterocycles. The van der Waals surface area contributed by atoms with Crippen LogP contribution in [-0.4, -0.2) is 29.2 Å². The molecule has 0 aliphatic heterocycles. The lowest BCUT2D eigenvalue weighted by Crippen LogP contribution is -2.29. The van der Waals surface area contributed by atoms with Crippen molar-refractivity contribution < 1.29 is 9.53 Å². The maximum atomic E-state index is 12.0. The zero-order valence-electron chi connectivity index (χ0n) is 11.7. The van der Waals surface area contributed by atoms with Gasteiger partial charge in [0.15, 0.2) is 5.16 Å². The highest BCUT2D eigenvalue weighted by atomic mass is 32.2. The number of hydrogen-bond donors (Lipinski definition) is 2. The molecule has 21 heavy (non-hydrogen) atoms. The second-order valence-corrected chi connectivity index (χ2v) is 4.92. The number of H-pyrrole nitrogens is 1. The summed E-state index contributed by atoms with van der Waals surface area (Å²) in [4.78, 5) is 30.3. The Hall–Kier alpha value is -2.28. The molecular formula is C14H15N3O3S. The van der Waals surface area contributed by atoms with E-state index in [9.17, 15) is 9.59 Å². The Labute approximate surface area is 125 Å². The van der Waals surface area contributed by atoms with E-state index >= 15 is 0 Å². The number of aromatic nitrogens is 2. The number of nitrogens with one attached hydrogen (secondary N) is 2. The van der Waals surface area contributed by atoms with Crippen LogP contribution >= 0.6 is 11.8 Å². The van der Waals surface area contributed by atoms with E-state index in [1.165, 1.54) is 18.0 Å². The van der Waals surface area contributed by atoms with Crippen molar-refractivity contribution in [3.05, 3.63) is 51.9 Å². The van der Waals surface area contributed by atoms with Crippen LogP contribution in [0.4, 0.5) is 0 Å². The fourth-order valence-corrected chi connectivity index (χ4v) is 2.12. The van der Waals surface area contributed by atoms with E-state index in [2.05, 4.69) is 15.3 Å². The quantitative estimate of drug-likeness (QED) is 0.645. The van der Waals surface area contributed by atoms with Crippen LogP contribution in [-0.2, 0) is 6.54 Å². The number of aromatic amines is 1. The molecule has 0 atom stereocenters. The number of thioether (sulfide) groups is 1. The number of carbonyl (C=O) groups is 1. The lowest BCUT2D eigenvalue weighted by molar-refractivity contribution is 0.0948. The molecule has 0 unspecified atom stereocenters. The third-order valence-corrected chi connectivity index (χ3v) is 3.44. The molecule has 7 heteroatoms. The molecule has 2 N–H and O–H groups in total. The lowest BCUT2D eigenvalue weighted by atomic mass is 10.2. The van der Waals surface area contributed by atoms with Crippen molar-refractivity contribution in [2.24, 2.45) is 0 Å². The fourth-order valence-electron chi connectivity index (χ4n) is 1.76. The molecule has 1 aromatic carbocycles. The van der Waals surface area contributed by atoms with Gasteiger partial charge in [-0.1, -0.05) is 30.0 Å². The van der Waals surface area contributed by atoms with Crippen molar-refractivity contribution >= 4 is 17.7 Å². The largest absolute Gasteiger partial charge is 0.496 e. The van der Waals surface area contributed by atoms with Gasteiger partial charge in [0.25, 0.3) is 11.5 Å². The van der Waals surface area contributed by atoms with Gasteiger partial charge in [-0.2, -0.15) is 0 Å². The van der Waals surface area contributed by atoms with Crippen molar-refractivity contribution in [1.82, 2.24) is 15.3 Å². The van der Waals surface area contributed by atoms with Gasteiger partial charge in [-0.15, -0.1) is 0 Å². The number of hydrogen-bond acceptors (Lipinski definition) is 5. The molecule has 110 valence electrons. The number of carbonyl (C=O) groups excluding carboxylic acids is 1. The Morgan fingerprint density at radius 3 is 2.86 bits per heavy atom. The zero-order valence-corrected chi connectivity index (χ0v) is 12.5. The van der Waals surface area contributed by atoms with Crippen LogP contribution in [0.5, 0.6) is 5.75 Å². The summed E-state index contributed by atoms with van der Waals surface area (Å²) in [7, 11) is 1.57. The normalized spacial score (nSPS) is 10.2. The highest BCUT2D eigenvalue weighted by molar-refractivity contribution is 7.98. The first-order chi connectivity index (χ1) is 10.2. The van der Waals surface area contributed by atoms with Crippen LogP contribution in [0.3, 0.4) is 0 Å². The zero-order chi connectivity index (χ0) is 15.2. The van der Waals surface area contributed by atoms with Gasteiger partial charge in [0.1, 0.15) is 11.3 Å². The van der Waals surface area contributed by atoms with Gasteiger partial charge in [0, 0.05) is 18.3 Å². The van der Waals surface area contributed by atoms with E-state index in [1.807, 2.05) is 24.3 Å². The molecule has 0 spiro atoms. The van der Waals surface area contributed by atoms with E-state index in [0.29, 0.717) is 10.9 Å². The van der Waals surface area contributed by atoms with E-state index in [-0.39, 0.29) is 12.1 Å². The number of amides is 1. The van der Waals surface area contributed by atoms with Crippen molar-refractivity contribution in [3.8, 4) is 5.75 Å². The van der Waals surface area contributed by atoms with Gasteiger partial charge in [0.05, 0.1) is 7.11 Å². The van der Waals surface area contributed by atoms with E-state index in [4.69, 9.17) is 4.74 Å². The van der Waals surface area contributed by atoms with E-state index in [1.54, 1.807) is 13.4 Å². The molecular weight excluding hydrogens is 290 g/mol. The first kappa shape index (κ1) is 15.1. The molecule has 2 rings (SSSR count). The molecule has 2 aromatic rings. The topological polar surface area (TPSA) is 84.1 Å². The first-order valence-electron chi connectivity index (χ1n) is 6.19. The minimum Gasteiger partial charge on any atom is -0.496 e. The predicted octanol–water partition coefficient (Wildman–Crippen LogP) is 1.43. The third kappa shape index (κ3) is 3.63. The molecule has 1 aromatic heterocycles. The van der Waals surface area contributed by atoms with Crippen molar-refractivity contribution in [2.75, 3.05) is 13.4 Å². The van der Waals surface area contributed by atoms with Gasteiger partial charge in [-0.05, 0) is 12.3 Å². The van der Waals surface area contributed by atoms with Crippen LogP contribution < -0.4 is 15.6 Å². The minimum absolute atomic E-state index is 0.0114. The molecule has 0 aliphatic carbocycles. The Bertz CT molecular complexity index is 700. The molecule has 6 nitrogen and oxygen atoms in total. The number of para-hydroxylation sites is 1. The van der Waals surface area contributed by atoms with E-state index < -0.39 is 11.5 Å². The summed E-state index contributed by atoms with van der Waals surface area (Å²) in [5, 5.41) is 3.16. The average molecular weight is 305 g/mol. The second kappa shape index (κ2) is 6.94. The lowest BCUT2D eigenvalue weighted by Gasteiger charge is -2.09. The maximum absolute atomic E-state index is 12.0. The van der Waals surface area contributed by atoms with Crippen LogP contribution in [0.1, 0.15) is 15.9 Å².